The number of pyridine rings is 1. The molecule has 738 valence electrons. The molecule has 15 rings (SSSR count). The number of nitrogens with one attached hydrogen (secondary N) is 5. The van der Waals surface area contributed by atoms with Crippen LogP contribution in [0, 0.1) is 0 Å². The van der Waals surface area contributed by atoms with Crippen molar-refractivity contribution in [1.82, 2.24) is 92.6 Å². The number of imidazole rings is 5. The number of nitrogens with zero attached hydrogens (tertiary/aromatic N) is 19. The normalized spacial score (nSPS) is 26.2. The van der Waals surface area contributed by atoms with Crippen LogP contribution in [0.4, 0.5) is 29.0 Å². The number of anilines is 5. The molecule has 5 fully saturated rings. The topological polar surface area (TPSA) is 549 Å². The highest BCUT2D eigenvalue weighted by atomic mass is 31.2. The van der Waals surface area contributed by atoms with E-state index in [-0.39, 0.29) is 0 Å². The van der Waals surface area contributed by atoms with Gasteiger partial charge in [0.1, 0.15) is 91.9 Å². The molecule has 41 nitrogen and oxygen atoms in total. The first-order chi connectivity index (χ1) is 63.1. The molecule has 0 unspecified atom stereocenters. The van der Waals surface area contributed by atoms with Crippen molar-refractivity contribution in [3.8, 4) is 0 Å². The van der Waals surface area contributed by atoms with Crippen LogP contribution in [0.15, 0.2) is 69.2 Å². The zero-order valence-corrected chi connectivity index (χ0v) is 83.7. The maximum absolute atomic E-state index is 10.6. The summed E-state index contributed by atoms with van der Waals surface area (Å²) in [6.45, 7) is 26.4. The lowest BCUT2D eigenvalue weighted by Gasteiger charge is -2.18. The van der Waals surface area contributed by atoms with Crippen LogP contribution in [0.2, 0.25) is 0 Å². The van der Waals surface area contributed by atoms with Gasteiger partial charge in [0.2, 0.25) is 0 Å². The molecule has 5 aliphatic rings. The number of hydrogen-bond acceptors (Lipinski definition) is 36. The first-order valence-corrected chi connectivity index (χ1v) is 60.7. The molecular weight excluding hydrogens is 1810 g/mol. The van der Waals surface area contributed by atoms with Gasteiger partial charge in [0.25, 0.3) is 0 Å². The predicted octanol–water partition coefficient (Wildman–Crippen LogP) is 6.00. The van der Waals surface area contributed by atoms with Gasteiger partial charge in [-0.15, -0.1) is 65.9 Å². The third-order valence-corrected chi connectivity index (χ3v) is 30.6. The Balaban J connectivity index is 0.000000161. The van der Waals surface area contributed by atoms with Crippen molar-refractivity contribution in [2.45, 2.75) is 208 Å². The van der Waals surface area contributed by atoms with E-state index in [4.69, 9.17) is 34.2 Å². The van der Waals surface area contributed by atoms with Gasteiger partial charge < -0.3 is 112 Å². The summed E-state index contributed by atoms with van der Waals surface area (Å²) in [5, 5.41) is 121. The van der Waals surface area contributed by atoms with E-state index in [9.17, 15) is 51.1 Å². The summed E-state index contributed by atoms with van der Waals surface area (Å²) < 4.78 is 43.8. The SMILES string of the molecule is C=P(C)(C)CC[C@H]1O[C@@H](n2cnc3c(NC)ccnc32)[C@H](O)[C@@H]1O.C=P(C)(C)CC[C@H]1O[C@@H](n2cnc3c(NCC)ncnc32)[C@H](O)[C@@H]1O.C=P(C)(C)CC[C@H]1O[C@@H](n2cnc3c(NCCC)ncnc32)[C@H](O)[C@@H]1O.C=P(C)(C)CC[C@H]1O[C@@H](n2cnc3c(NCCCC)ncnc32)[C@H](O)[C@@H]1O.C=P(C)(C)CC[C@H]1O[C@@H](n2cnc3c(NCCCOCCCN)ncnc32)[C@H](O)[C@@H]1O. The summed E-state index contributed by atoms with van der Waals surface area (Å²) in [7, 11) is 1.82. The molecule has 15 heterocycles. The number of nitrogens with two attached hydrogens (primary N) is 1. The average molecular weight is 1950 g/mol. The zero-order valence-electron chi connectivity index (χ0n) is 79.2. The smallest absolute Gasteiger partial charge is 0.167 e. The molecular formula is C87H144N25O16P5. The minimum absolute atomic E-state index is 0.407. The van der Waals surface area contributed by atoms with E-state index in [1.807, 2.05) is 20.0 Å². The second kappa shape index (κ2) is 47.3. The number of aliphatic hydroxyl groups excluding tert-OH is 10. The molecule has 46 heteroatoms. The molecule has 0 saturated carbocycles. The minimum atomic E-state index is -1.25. The Morgan fingerprint density at radius 2 is 0.617 bits per heavy atom. The van der Waals surface area contributed by atoms with Gasteiger partial charge in [-0.05, 0) is 175 Å². The average Bonchev–Trinajstić information content (AvgIpc) is 1.65. The molecule has 0 aromatic carbocycles. The Bertz CT molecular complexity index is 5640. The number of ether oxygens (including phenoxy) is 6. The Labute approximate surface area is 778 Å². The van der Waals surface area contributed by atoms with Crippen LogP contribution >= 0.6 is 34.4 Å². The number of aliphatic hydroxyl groups is 10. The van der Waals surface area contributed by atoms with Crippen molar-refractivity contribution in [3.63, 3.8) is 0 Å². The largest absolute Gasteiger partial charge is 0.388 e. The second-order valence-corrected chi connectivity index (χ2v) is 59.5. The zero-order chi connectivity index (χ0) is 96.6. The highest BCUT2D eigenvalue weighted by Gasteiger charge is 2.49. The molecule has 0 spiro atoms. The summed E-state index contributed by atoms with van der Waals surface area (Å²) in [5.74, 6) is 2.57. The van der Waals surface area contributed by atoms with Gasteiger partial charge in [0.15, 0.2) is 105 Å². The Morgan fingerprint density at radius 3 is 0.887 bits per heavy atom. The Morgan fingerprint density at radius 1 is 0.346 bits per heavy atom. The number of rotatable bonds is 38. The molecule has 10 aromatic heterocycles. The van der Waals surface area contributed by atoms with Crippen molar-refractivity contribution < 1.29 is 79.5 Å². The van der Waals surface area contributed by atoms with E-state index in [0.29, 0.717) is 144 Å². The maximum Gasteiger partial charge on any atom is 0.167 e. The van der Waals surface area contributed by atoms with Crippen molar-refractivity contribution in [2.75, 3.05) is 177 Å². The molecule has 5 aliphatic heterocycles. The maximum atomic E-state index is 10.6. The van der Waals surface area contributed by atoms with Gasteiger partial charge in [-0.1, -0.05) is 20.3 Å². The van der Waals surface area contributed by atoms with Gasteiger partial charge in [-0.25, -0.2) is 69.8 Å². The fourth-order valence-electron chi connectivity index (χ4n) is 15.8. The second-order valence-electron chi connectivity index (χ2n) is 37.9. The third-order valence-electron chi connectivity index (χ3n) is 23.3. The predicted molar refractivity (Wildman–Crippen MR) is 539 cm³/mol. The fraction of sp³-hybridized carbons (Fsp3) is 0.644. The first-order valence-electron chi connectivity index (χ1n) is 45.5. The van der Waals surface area contributed by atoms with Gasteiger partial charge in [-0.2, -0.15) is 0 Å². The first kappa shape index (κ1) is 106. The molecule has 0 aliphatic carbocycles. The number of hydrogen-bond donors (Lipinski definition) is 16. The highest BCUT2D eigenvalue weighted by molar-refractivity contribution is 7.73. The van der Waals surface area contributed by atoms with Gasteiger partial charge >= 0.3 is 0 Å². The van der Waals surface area contributed by atoms with Crippen LogP contribution < -0.4 is 32.3 Å². The molecule has 0 bridgehead atoms. The summed E-state index contributed by atoms with van der Waals surface area (Å²) in [4.78, 5) is 60.5. The molecule has 20 atom stereocenters. The molecule has 133 heavy (non-hydrogen) atoms. The third kappa shape index (κ3) is 27.6. The van der Waals surface area contributed by atoms with Crippen LogP contribution in [0.5, 0.6) is 0 Å². The van der Waals surface area contributed by atoms with Crippen molar-refractivity contribution in [1.29, 1.82) is 0 Å². The van der Waals surface area contributed by atoms with Crippen molar-refractivity contribution in [2.24, 2.45) is 5.73 Å². The van der Waals surface area contributed by atoms with E-state index >= 15 is 0 Å². The monoisotopic (exact) mass is 1950 g/mol. The van der Waals surface area contributed by atoms with Crippen LogP contribution in [0.1, 0.15) is 116 Å². The standard InChI is InChI=1S/C20H35N6O4P.C18H30N5O3P.C17H28N5O3P.C16H26N5O3P.C16H25N4O3P/c1-31(2,3)11-6-14-16(27)17(28)20(30-14)26-13-25-15-18(23-12-24-19(15)26)22-8-5-10-29-9-4-7-21;1-5-6-8-19-16-13-17(21-10-20-16)23(11-22-13)18-15(25)14(24)12(26-18)7-9-27(2,3)4;1-5-7-18-15-12-16(20-9-19-15)22(10-21-12)17-14(24)13(23)11(25-17)6-8-26(2,3)4;1-5-17-14-11-15(19-8-18-14)21(9-20-11)16-13(23)12(22)10(24-16)6-7-25(2,3)4;1-17-10-5-7-18-15-12(10)19-9-20(15)16-14(22)13(21)11(23-16)6-8-24(2,3)4/h12-14,16-17,20,27-28H,1,4-11,21H2,2-3H3,(H,22,23,24);10-12,14-15,18,24-25H,2,5-9H2,1,3-4H3,(H,19,20,21);9-11,13-14,17,23-24H,2,5-8H2,1,3-4H3,(H,18,19,20);8-10,12-13,16,22-23H,2,5-7H2,1,3-4H3,(H,17,18,19);5,7,9,11,13-14,16,21-22H,2,6,8H2,1,3-4H3,(H,17,18)/t14-,16-,17-,20-;12-,14-,15-,18-;11-,13-,14-,17-;10-,12-,13-,16-;11-,13-,14-,16-/m11111/s1. The number of aromatic nitrogens is 19. The van der Waals surface area contributed by atoms with E-state index in [0.717, 1.165) is 81.7 Å². The van der Waals surface area contributed by atoms with Crippen LogP contribution in [-0.2, 0) is 28.4 Å². The summed E-state index contributed by atoms with van der Waals surface area (Å²) in [5.41, 5.74) is 12.3. The summed E-state index contributed by atoms with van der Waals surface area (Å²) >= 11 is 0. The van der Waals surface area contributed by atoms with Crippen LogP contribution in [0.25, 0.3) is 55.8 Å². The molecule has 0 radical (unpaired) electrons. The molecule has 0 amide bonds. The number of unbranched alkanes of at least 4 members (excludes halogenated alkanes) is 1. The molecule has 17 N–H and O–H groups in total. The Kier molecular flexibility index (Phi) is 37.8. The number of fused-ring (bicyclic) bond motifs is 5. The van der Waals surface area contributed by atoms with Crippen molar-refractivity contribution in [3.05, 3.63) is 69.2 Å². The molecule has 10 aromatic rings. The van der Waals surface area contributed by atoms with Crippen LogP contribution in [-0.4, -0.2) is 417 Å². The lowest BCUT2D eigenvalue weighted by Crippen LogP contribution is -2.31. The molecule has 5 saturated heterocycles. The van der Waals surface area contributed by atoms with Crippen LogP contribution in [0.3, 0.4) is 0 Å². The lowest BCUT2D eigenvalue weighted by molar-refractivity contribution is -0.0353. The van der Waals surface area contributed by atoms with Crippen molar-refractivity contribution >= 4 is 151 Å². The van der Waals surface area contributed by atoms with E-state index < -0.39 is 157 Å². The summed E-state index contributed by atoms with van der Waals surface area (Å²) in [6, 6.07) is 1.84. The minimum Gasteiger partial charge on any atom is -0.388 e. The van der Waals surface area contributed by atoms with Gasteiger partial charge in [-0.3, -0.25) is 22.8 Å². The van der Waals surface area contributed by atoms with E-state index in [1.165, 1.54) is 25.3 Å². The fourth-order valence-corrected chi connectivity index (χ4v) is 20.6. The Hall–Kier alpha value is -7.36. The highest BCUT2D eigenvalue weighted by Crippen LogP contribution is 2.46. The van der Waals surface area contributed by atoms with E-state index in [1.54, 1.807) is 60.7 Å². The van der Waals surface area contributed by atoms with Gasteiger partial charge in [0, 0.05) is 52.6 Å². The quantitative estimate of drug-likeness (QED) is 0.0156. The lowest BCUT2D eigenvalue weighted by atomic mass is 10.1. The van der Waals surface area contributed by atoms with E-state index in [2.05, 4.69) is 208 Å². The van der Waals surface area contributed by atoms with Gasteiger partial charge in [0.05, 0.1) is 67.8 Å². The summed E-state index contributed by atoms with van der Waals surface area (Å²) in [6.07, 6.45) is 33.3.